The molecule has 1 atom stereocenters. The minimum absolute atomic E-state index is 0.113. The zero-order valence-electron chi connectivity index (χ0n) is 15.5. The minimum atomic E-state index is -0.459. The van der Waals surface area contributed by atoms with Gasteiger partial charge in [0.2, 0.25) is 0 Å². The number of fused-ring (bicyclic) bond motifs is 1. The van der Waals surface area contributed by atoms with Crippen molar-refractivity contribution in [2.45, 2.75) is 32.7 Å². The molecule has 6 nitrogen and oxygen atoms in total. The third-order valence-corrected chi connectivity index (χ3v) is 5.04. The van der Waals surface area contributed by atoms with E-state index in [2.05, 4.69) is 15.3 Å². The average Bonchev–Trinajstić information content (AvgIpc) is 3.40. The fourth-order valence-corrected chi connectivity index (χ4v) is 3.33. The molecular weight excluding hydrogens is 347 g/mol. The maximum Gasteiger partial charge on any atom is 0.274 e. The van der Waals surface area contributed by atoms with Gasteiger partial charge in [-0.1, -0.05) is 6.07 Å². The van der Waals surface area contributed by atoms with E-state index in [9.17, 15) is 9.18 Å². The third kappa shape index (κ3) is 3.13. The second-order valence-corrected chi connectivity index (χ2v) is 6.99. The summed E-state index contributed by atoms with van der Waals surface area (Å²) in [4.78, 5) is 21.6. The van der Waals surface area contributed by atoms with Crippen molar-refractivity contribution >= 4 is 11.6 Å². The van der Waals surface area contributed by atoms with E-state index in [1.165, 1.54) is 13.2 Å². The lowest BCUT2D eigenvalue weighted by Crippen LogP contribution is -2.34. The Bertz CT molecular complexity index is 1030. The van der Waals surface area contributed by atoms with Crippen molar-refractivity contribution in [3.05, 3.63) is 47.8 Å². The number of hydrogen-bond donors (Lipinski definition) is 1. The third-order valence-electron chi connectivity index (χ3n) is 5.04. The van der Waals surface area contributed by atoms with Gasteiger partial charge in [-0.05, 0) is 50.8 Å². The molecule has 1 amide bonds. The van der Waals surface area contributed by atoms with Crippen molar-refractivity contribution in [1.29, 1.82) is 0 Å². The number of carbonyl (C=O) groups is 1. The van der Waals surface area contributed by atoms with Crippen molar-refractivity contribution in [2.75, 3.05) is 7.11 Å². The first kappa shape index (κ1) is 17.5. The fraction of sp³-hybridized carbons (Fsp3) is 0.350. The number of amides is 1. The van der Waals surface area contributed by atoms with E-state index < -0.39 is 5.82 Å². The highest BCUT2D eigenvalue weighted by Crippen LogP contribution is 2.33. The van der Waals surface area contributed by atoms with Gasteiger partial charge in [0.05, 0.1) is 12.8 Å². The highest BCUT2D eigenvalue weighted by molar-refractivity contribution is 5.98. The van der Waals surface area contributed by atoms with Gasteiger partial charge in [0, 0.05) is 17.3 Å². The van der Waals surface area contributed by atoms with E-state index in [1.807, 2.05) is 19.9 Å². The Morgan fingerprint density at radius 1 is 1.41 bits per heavy atom. The maximum atomic E-state index is 14.1. The second-order valence-electron chi connectivity index (χ2n) is 6.99. The van der Waals surface area contributed by atoms with Crippen LogP contribution in [0.5, 0.6) is 5.75 Å². The number of hydrogen-bond acceptors (Lipinski definition) is 4. The summed E-state index contributed by atoms with van der Waals surface area (Å²) in [5.74, 6) is -0.0301. The van der Waals surface area contributed by atoms with E-state index in [0.29, 0.717) is 22.8 Å². The average molecular weight is 368 g/mol. The largest absolute Gasteiger partial charge is 0.493 e. The Labute approximate surface area is 156 Å². The monoisotopic (exact) mass is 368 g/mol. The van der Waals surface area contributed by atoms with Crippen molar-refractivity contribution in [3.8, 4) is 17.0 Å². The van der Waals surface area contributed by atoms with Gasteiger partial charge in [0.25, 0.3) is 5.91 Å². The highest BCUT2D eigenvalue weighted by atomic mass is 19.1. The van der Waals surface area contributed by atoms with Crippen LogP contribution in [-0.4, -0.2) is 33.4 Å². The molecule has 27 heavy (non-hydrogen) atoms. The standard InChI is InChI=1S/C20H21FN4O2/c1-11-9-16(14-5-4-6-15(21)18(14)27-3)24-19-17(22-10-25(11)19)20(26)23-12(2)13-7-8-13/h4-6,9-10,12-13H,7-8H2,1-3H3,(H,23,26)/t12-/m0/s1. The Hall–Kier alpha value is -2.96. The van der Waals surface area contributed by atoms with Crippen LogP contribution < -0.4 is 10.1 Å². The molecule has 1 saturated carbocycles. The molecule has 0 unspecified atom stereocenters. The number of carbonyl (C=O) groups excluding carboxylic acids is 1. The lowest BCUT2D eigenvalue weighted by molar-refractivity contribution is 0.0933. The molecule has 1 fully saturated rings. The van der Waals surface area contributed by atoms with Crippen molar-refractivity contribution in [3.63, 3.8) is 0 Å². The van der Waals surface area contributed by atoms with E-state index in [4.69, 9.17) is 4.74 Å². The van der Waals surface area contributed by atoms with Crippen LogP contribution in [0.25, 0.3) is 16.9 Å². The summed E-state index contributed by atoms with van der Waals surface area (Å²) in [7, 11) is 1.42. The lowest BCUT2D eigenvalue weighted by Gasteiger charge is -2.12. The van der Waals surface area contributed by atoms with Gasteiger partial charge in [-0.2, -0.15) is 0 Å². The number of ether oxygens (including phenoxy) is 1. The molecule has 0 radical (unpaired) electrons. The van der Waals surface area contributed by atoms with Gasteiger partial charge in [-0.3, -0.25) is 9.20 Å². The molecule has 0 saturated heterocycles. The molecule has 3 aromatic rings. The number of para-hydroxylation sites is 1. The quantitative estimate of drug-likeness (QED) is 0.750. The molecule has 1 N–H and O–H groups in total. The first-order valence-electron chi connectivity index (χ1n) is 8.98. The molecule has 0 bridgehead atoms. The molecular formula is C20H21FN4O2. The number of aromatic nitrogens is 3. The Kier molecular flexibility index (Phi) is 4.30. The van der Waals surface area contributed by atoms with Crippen LogP contribution in [0, 0.1) is 18.7 Å². The van der Waals surface area contributed by atoms with Crippen LogP contribution in [-0.2, 0) is 0 Å². The van der Waals surface area contributed by atoms with Gasteiger partial charge in [-0.15, -0.1) is 0 Å². The molecule has 4 rings (SSSR count). The number of nitrogens with zero attached hydrogens (tertiary/aromatic N) is 3. The van der Waals surface area contributed by atoms with Crippen LogP contribution >= 0.6 is 0 Å². The van der Waals surface area contributed by atoms with Gasteiger partial charge < -0.3 is 10.1 Å². The number of benzene rings is 1. The lowest BCUT2D eigenvalue weighted by atomic mass is 10.1. The first-order chi connectivity index (χ1) is 13.0. The summed E-state index contributed by atoms with van der Waals surface area (Å²) < 4.78 is 21.1. The molecule has 2 heterocycles. The predicted molar refractivity (Wildman–Crippen MR) is 99.3 cm³/mol. The zero-order valence-corrected chi connectivity index (χ0v) is 15.5. The van der Waals surface area contributed by atoms with Gasteiger partial charge in [-0.25, -0.2) is 14.4 Å². The summed E-state index contributed by atoms with van der Waals surface area (Å²) in [5, 5.41) is 3.01. The minimum Gasteiger partial charge on any atom is -0.493 e. The molecule has 7 heteroatoms. The predicted octanol–water partition coefficient (Wildman–Crippen LogP) is 3.38. The smallest absolute Gasteiger partial charge is 0.274 e. The topological polar surface area (TPSA) is 68.5 Å². The first-order valence-corrected chi connectivity index (χ1v) is 8.98. The summed E-state index contributed by atoms with van der Waals surface area (Å²) in [6.45, 7) is 3.90. The highest BCUT2D eigenvalue weighted by Gasteiger charge is 2.30. The molecule has 1 aliphatic carbocycles. The van der Waals surface area contributed by atoms with Crippen LogP contribution in [0.15, 0.2) is 30.6 Å². The van der Waals surface area contributed by atoms with Crippen LogP contribution in [0.3, 0.4) is 0 Å². The summed E-state index contributed by atoms with van der Waals surface area (Å²) in [6.07, 6.45) is 3.87. The Balaban J connectivity index is 1.78. The number of rotatable bonds is 5. The number of nitrogens with one attached hydrogen (secondary N) is 1. The number of methoxy groups -OCH3 is 1. The van der Waals surface area contributed by atoms with E-state index in [-0.39, 0.29) is 23.4 Å². The Morgan fingerprint density at radius 2 is 2.19 bits per heavy atom. The number of imidazole rings is 1. The number of halogens is 1. The maximum absolute atomic E-state index is 14.1. The zero-order chi connectivity index (χ0) is 19.1. The summed E-state index contributed by atoms with van der Waals surface area (Å²) in [6, 6.07) is 6.62. The van der Waals surface area contributed by atoms with E-state index in [0.717, 1.165) is 18.5 Å². The van der Waals surface area contributed by atoms with Crippen molar-refractivity contribution in [2.24, 2.45) is 5.92 Å². The van der Waals surface area contributed by atoms with Gasteiger partial charge >= 0.3 is 0 Å². The molecule has 0 spiro atoms. The summed E-state index contributed by atoms with van der Waals surface area (Å²) in [5.41, 5.74) is 2.60. The van der Waals surface area contributed by atoms with Crippen LogP contribution in [0.1, 0.15) is 35.9 Å². The fourth-order valence-electron chi connectivity index (χ4n) is 3.33. The van der Waals surface area contributed by atoms with Gasteiger partial charge in [0.15, 0.2) is 22.9 Å². The SMILES string of the molecule is COc1c(F)cccc1-c1cc(C)n2cnc(C(=O)N[C@@H](C)C3CC3)c2n1. The van der Waals surface area contributed by atoms with Crippen LogP contribution in [0.2, 0.25) is 0 Å². The second kappa shape index (κ2) is 6.64. The Morgan fingerprint density at radius 3 is 2.89 bits per heavy atom. The molecule has 2 aromatic heterocycles. The summed E-state index contributed by atoms with van der Waals surface area (Å²) >= 11 is 0. The van der Waals surface area contributed by atoms with Crippen molar-refractivity contribution < 1.29 is 13.9 Å². The normalized spacial score (nSPS) is 15.0. The molecule has 0 aliphatic heterocycles. The molecule has 1 aliphatic rings. The molecule has 140 valence electrons. The number of aryl methyl sites for hydroxylation is 1. The van der Waals surface area contributed by atoms with Crippen molar-refractivity contribution in [1.82, 2.24) is 19.7 Å². The van der Waals surface area contributed by atoms with E-state index >= 15 is 0 Å². The van der Waals surface area contributed by atoms with E-state index in [1.54, 1.807) is 22.9 Å². The van der Waals surface area contributed by atoms with Crippen LogP contribution in [0.4, 0.5) is 4.39 Å². The molecule has 1 aromatic carbocycles. The van der Waals surface area contributed by atoms with Gasteiger partial charge in [0.1, 0.15) is 6.33 Å².